The molecule has 17 heavy (non-hydrogen) atoms. The minimum atomic E-state index is -0.210. The SMILES string of the molecule is CC1CN(CC(=O)c2ccn(C)c2)CCC1O. The quantitative estimate of drug-likeness (QED) is 0.793. The van der Waals surface area contributed by atoms with E-state index in [1.165, 1.54) is 0 Å². The second-order valence-electron chi connectivity index (χ2n) is 5.06. The summed E-state index contributed by atoms with van der Waals surface area (Å²) in [6, 6.07) is 1.85. The summed E-state index contributed by atoms with van der Waals surface area (Å²) in [5.74, 6) is 0.418. The molecule has 0 spiro atoms. The molecular formula is C13H20N2O2. The summed E-state index contributed by atoms with van der Waals surface area (Å²) in [5.41, 5.74) is 0.770. The molecule has 1 saturated heterocycles. The molecule has 4 nitrogen and oxygen atoms in total. The second kappa shape index (κ2) is 5.02. The zero-order valence-electron chi connectivity index (χ0n) is 10.5. The number of likely N-dealkylation sites (tertiary alicyclic amines) is 1. The molecule has 1 aliphatic rings. The Hall–Kier alpha value is -1.13. The minimum absolute atomic E-state index is 0.161. The Kier molecular flexibility index (Phi) is 3.64. The predicted molar refractivity (Wildman–Crippen MR) is 66.0 cm³/mol. The van der Waals surface area contributed by atoms with Gasteiger partial charge in [-0.25, -0.2) is 0 Å². The highest BCUT2D eigenvalue weighted by atomic mass is 16.3. The molecule has 2 atom stereocenters. The zero-order chi connectivity index (χ0) is 12.4. The fourth-order valence-corrected chi connectivity index (χ4v) is 2.33. The average molecular weight is 236 g/mol. The molecule has 4 heteroatoms. The topological polar surface area (TPSA) is 45.5 Å². The molecule has 1 aromatic heterocycles. The Labute approximate surface area is 102 Å². The first-order valence-corrected chi connectivity index (χ1v) is 6.12. The lowest BCUT2D eigenvalue weighted by Crippen LogP contribution is -2.43. The molecule has 2 rings (SSSR count). The molecule has 0 radical (unpaired) electrons. The van der Waals surface area contributed by atoms with E-state index in [0.29, 0.717) is 6.54 Å². The summed E-state index contributed by atoms with van der Waals surface area (Å²) in [4.78, 5) is 14.1. The lowest BCUT2D eigenvalue weighted by Gasteiger charge is -2.33. The van der Waals surface area contributed by atoms with Crippen LogP contribution in [-0.4, -0.2) is 46.1 Å². The highest BCUT2D eigenvalue weighted by Gasteiger charge is 2.25. The van der Waals surface area contributed by atoms with E-state index in [9.17, 15) is 9.90 Å². The van der Waals surface area contributed by atoms with Crippen LogP contribution in [0.4, 0.5) is 0 Å². The average Bonchev–Trinajstić information content (AvgIpc) is 2.70. The molecule has 1 aliphatic heterocycles. The number of aliphatic hydroxyl groups excluding tert-OH is 1. The van der Waals surface area contributed by atoms with Gasteiger partial charge >= 0.3 is 0 Å². The van der Waals surface area contributed by atoms with Crippen molar-refractivity contribution in [3.63, 3.8) is 0 Å². The summed E-state index contributed by atoms with van der Waals surface area (Å²) < 4.78 is 1.88. The van der Waals surface area contributed by atoms with E-state index in [1.54, 1.807) is 0 Å². The molecule has 1 fully saturated rings. The smallest absolute Gasteiger partial charge is 0.178 e. The van der Waals surface area contributed by atoms with Gasteiger partial charge < -0.3 is 9.67 Å². The number of piperidine rings is 1. The number of aryl methyl sites for hydroxylation is 1. The molecule has 2 heterocycles. The van der Waals surface area contributed by atoms with E-state index < -0.39 is 0 Å². The molecule has 1 aromatic rings. The fourth-order valence-electron chi connectivity index (χ4n) is 2.33. The lowest BCUT2D eigenvalue weighted by atomic mass is 9.96. The normalized spacial score (nSPS) is 26.1. The number of hydrogen-bond donors (Lipinski definition) is 1. The number of hydrogen-bond acceptors (Lipinski definition) is 3. The van der Waals surface area contributed by atoms with Gasteiger partial charge in [0.1, 0.15) is 0 Å². The summed E-state index contributed by atoms with van der Waals surface area (Å²) >= 11 is 0. The van der Waals surface area contributed by atoms with Gasteiger partial charge in [-0.05, 0) is 18.4 Å². The second-order valence-corrected chi connectivity index (χ2v) is 5.06. The van der Waals surface area contributed by atoms with E-state index in [2.05, 4.69) is 4.90 Å². The van der Waals surface area contributed by atoms with Crippen molar-refractivity contribution in [2.75, 3.05) is 19.6 Å². The van der Waals surface area contributed by atoms with E-state index in [1.807, 2.05) is 37.0 Å². The molecule has 0 aliphatic carbocycles. The molecule has 2 unspecified atom stereocenters. The molecule has 0 aromatic carbocycles. The molecule has 0 amide bonds. The number of aliphatic hydroxyl groups is 1. The number of rotatable bonds is 3. The Bertz CT molecular complexity index is 400. The number of aromatic nitrogens is 1. The zero-order valence-corrected chi connectivity index (χ0v) is 10.5. The maximum atomic E-state index is 12.0. The van der Waals surface area contributed by atoms with Gasteiger partial charge in [-0.2, -0.15) is 0 Å². The number of nitrogens with zero attached hydrogens (tertiary/aromatic N) is 2. The summed E-state index contributed by atoms with van der Waals surface area (Å²) in [6.07, 6.45) is 4.29. The van der Waals surface area contributed by atoms with E-state index in [0.717, 1.165) is 25.1 Å². The number of ketones is 1. The van der Waals surface area contributed by atoms with Crippen molar-refractivity contribution < 1.29 is 9.90 Å². The van der Waals surface area contributed by atoms with Crippen molar-refractivity contribution in [3.05, 3.63) is 24.0 Å². The fraction of sp³-hybridized carbons (Fsp3) is 0.615. The van der Waals surface area contributed by atoms with Crippen LogP contribution in [0.1, 0.15) is 23.7 Å². The summed E-state index contributed by atoms with van der Waals surface area (Å²) in [5, 5.41) is 9.64. The Morgan fingerprint density at radius 3 is 2.94 bits per heavy atom. The molecule has 0 bridgehead atoms. The number of Topliss-reactive ketones (excluding diaryl/α,β-unsaturated/α-hetero) is 1. The van der Waals surface area contributed by atoms with Crippen LogP contribution in [0, 0.1) is 5.92 Å². The van der Waals surface area contributed by atoms with Gasteiger partial charge in [-0.3, -0.25) is 9.69 Å². The Morgan fingerprint density at radius 2 is 2.35 bits per heavy atom. The first-order chi connectivity index (χ1) is 8.06. The molecular weight excluding hydrogens is 216 g/mol. The molecule has 94 valence electrons. The van der Waals surface area contributed by atoms with Gasteiger partial charge in [0.2, 0.25) is 0 Å². The van der Waals surface area contributed by atoms with E-state index in [-0.39, 0.29) is 17.8 Å². The van der Waals surface area contributed by atoms with Gasteiger partial charge in [0.15, 0.2) is 5.78 Å². The standard InChI is InChI=1S/C13H20N2O2/c1-10-7-15(6-4-12(10)16)9-13(17)11-3-5-14(2)8-11/h3,5,8,10,12,16H,4,6-7,9H2,1-2H3. The largest absolute Gasteiger partial charge is 0.393 e. The van der Waals surface area contributed by atoms with Gasteiger partial charge in [-0.1, -0.05) is 6.92 Å². The number of carbonyl (C=O) groups is 1. The predicted octanol–water partition coefficient (Wildman–Crippen LogP) is 0.911. The van der Waals surface area contributed by atoms with Crippen LogP contribution in [0.25, 0.3) is 0 Å². The van der Waals surface area contributed by atoms with Crippen LogP contribution in [0.5, 0.6) is 0 Å². The summed E-state index contributed by atoms with van der Waals surface area (Å²) in [7, 11) is 1.91. The van der Waals surface area contributed by atoms with Gasteiger partial charge in [-0.15, -0.1) is 0 Å². The number of carbonyl (C=O) groups excluding carboxylic acids is 1. The van der Waals surface area contributed by atoms with Crippen molar-refractivity contribution in [3.8, 4) is 0 Å². The van der Waals surface area contributed by atoms with Crippen molar-refractivity contribution in [2.24, 2.45) is 13.0 Å². The lowest BCUT2D eigenvalue weighted by molar-refractivity contribution is 0.0344. The third-order valence-electron chi connectivity index (χ3n) is 3.47. The molecule has 0 saturated carbocycles. The highest BCUT2D eigenvalue weighted by molar-refractivity contribution is 5.97. The Morgan fingerprint density at radius 1 is 1.59 bits per heavy atom. The van der Waals surface area contributed by atoms with Crippen LogP contribution in [-0.2, 0) is 7.05 Å². The van der Waals surface area contributed by atoms with Crippen LogP contribution < -0.4 is 0 Å². The maximum absolute atomic E-state index is 12.0. The summed E-state index contributed by atoms with van der Waals surface area (Å²) in [6.45, 7) is 4.11. The molecule has 1 N–H and O–H groups in total. The third kappa shape index (κ3) is 2.96. The van der Waals surface area contributed by atoms with Gasteiger partial charge in [0.25, 0.3) is 0 Å². The van der Waals surface area contributed by atoms with Crippen molar-refractivity contribution in [2.45, 2.75) is 19.4 Å². The van der Waals surface area contributed by atoms with Crippen LogP contribution in [0.3, 0.4) is 0 Å². The van der Waals surface area contributed by atoms with Crippen LogP contribution >= 0.6 is 0 Å². The van der Waals surface area contributed by atoms with Crippen LogP contribution in [0.2, 0.25) is 0 Å². The van der Waals surface area contributed by atoms with Gasteiger partial charge in [0.05, 0.1) is 12.6 Å². The highest BCUT2D eigenvalue weighted by Crippen LogP contribution is 2.16. The third-order valence-corrected chi connectivity index (χ3v) is 3.47. The van der Waals surface area contributed by atoms with Crippen molar-refractivity contribution in [1.29, 1.82) is 0 Å². The maximum Gasteiger partial charge on any atom is 0.178 e. The Balaban J connectivity index is 1.91. The van der Waals surface area contributed by atoms with E-state index in [4.69, 9.17) is 0 Å². The monoisotopic (exact) mass is 236 g/mol. The first kappa shape index (κ1) is 12.3. The van der Waals surface area contributed by atoms with E-state index >= 15 is 0 Å². The van der Waals surface area contributed by atoms with Gasteiger partial charge in [0, 0.05) is 38.1 Å². The van der Waals surface area contributed by atoms with Crippen molar-refractivity contribution in [1.82, 2.24) is 9.47 Å². The minimum Gasteiger partial charge on any atom is -0.393 e. The van der Waals surface area contributed by atoms with Crippen LogP contribution in [0.15, 0.2) is 18.5 Å². The first-order valence-electron chi connectivity index (χ1n) is 6.12. The van der Waals surface area contributed by atoms with Crippen molar-refractivity contribution >= 4 is 5.78 Å².